The lowest BCUT2D eigenvalue weighted by atomic mass is 9.97. The Hall–Kier alpha value is -2.50. The number of benzene rings is 2. The van der Waals surface area contributed by atoms with Crippen LogP contribution in [0.15, 0.2) is 60.8 Å². The van der Waals surface area contributed by atoms with Crippen LogP contribution in [0.1, 0.15) is 11.1 Å². The van der Waals surface area contributed by atoms with Crippen molar-refractivity contribution in [2.45, 2.75) is 0 Å². The maximum absolute atomic E-state index is 9.04. The van der Waals surface area contributed by atoms with Crippen molar-refractivity contribution < 1.29 is 0 Å². The number of nitriles is 1. The lowest BCUT2D eigenvalue weighted by Gasteiger charge is -2.08. The molecule has 0 amide bonds. The van der Waals surface area contributed by atoms with Crippen LogP contribution in [0.3, 0.4) is 0 Å². The highest BCUT2D eigenvalue weighted by molar-refractivity contribution is 6.35. The van der Waals surface area contributed by atoms with Crippen LogP contribution in [-0.2, 0) is 0 Å². The molecule has 0 unspecified atom stereocenters. The van der Waals surface area contributed by atoms with E-state index in [9.17, 15) is 0 Å². The first-order chi connectivity index (χ1) is 9.79. The van der Waals surface area contributed by atoms with E-state index in [0.29, 0.717) is 5.02 Å². The molecule has 3 aromatic rings. The lowest BCUT2D eigenvalue weighted by molar-refractivity contribution is 1.47. The van der Waals surface area contributed by atoms with Crippen molar-refractivity contribution in [2.24, 2.45) is 0 Å². The summed E-state index contributed by atoms with van der Waals surface area (Å²) in [4.78, 5) is 3.11. The molecule has 0 aliphatic carbocycles. The number of hydrogen-bond donors (Lipinski definition) is 1. The van der Waals surface area contributed by atoms with E-state index in [2.05, 4.69) is 11.1 Å². The van der Waals surface area contributed by atoms with Gasteiger partial charge in [0.15, 0.2) is 0 Å². The zero-order valence-corrected chi connectivity index (χ0v) is 11.4. The summed E-state index contributed by atoms with van der Waals surface area (Å²) in [7, 11) is 0. The van der Waals surface area contributed by atoms with Crippen LogP contribution in [0.25, 0.3) is 16.5 Å². The van der Waals surface area contributed by atoms with Crippen LogP contribution in [0.2, 0.25) is 5.02 Å². The summed E-state index contributed by atoms with van der Waals surface area (Å²) in [5.74, 6) is 0. The number of aromatic nitrogens is 1. The Morgan fingerprint density at radius 2 is 1.90 bits per heavy atom. The van der Waals surface area contributed by atoms with E-state index in [1.165, 1.54) is 0 Å². The van der Waals surface area contributed by atoms with Crippen LogP contribution in [0.5, 0.6) is 0 Å². The SMILES string of the molecule is N#CC=C(c1ccccc1)c1cc(Cl)c2[nH]ccc2c1. The maximum Gasteiger partial charge on any atom is 0.0918 e. The Morgan fingerprint density at radius 1 is 1.10 bits per heavy atom. The Labute approximate surface area is 121 Å². The molecule has 0 radical (unpaired) electrons. The first kappa shape index (κ1) is 12.5. The number of rotatable bonds is 2. The normalized spacial score (nSPS) is 11.5. The van der Waals surface area contributed by atoms with Gasteiger partial charge in [0.2, 0.25) is 0 Å². The van der Waals surface area contributed by atoms with Gasteiger partial charge < -0.3 is 4.98 Å². The number of nitrogens with zero attached hydrogens (tertiary/aromatic N) is 1. The van der Waals surface area contributed by atoms with E-state index in [-0.39, 0.29) is 0 Å². The Bertz CT molecular complexity index is 823. The summed E-state index contributed by atoms with van der Waals surface area (Å²) in [6, 6.07) is 17.8. The monoisotopic (exact) mass is 278 g/mol. The van der Waals surface area contributed by atoms with Crippen LogP contribution in [0.4, 0.5) is 0 Å². The summed E-state index contributed by atoms with van der Waals surface area (Å²) in [5, 5.41) is 10.7. The Kier molecular flexibility index (Phi) is 3.28. The van der Waals surface area contributed by atoms with Gasteiger partial charge in [-0.1, -0.05) is 41.9 Å². The van der Waals surface area contributed by atoms with Crippen LogP contribution in [0, 0.1) is 11.3 Å². The molecule has 0 atom stereocenters. The molecule has 3 heteroatoms. The Balaban J connectivity index is 2.21. The smallest absolute Gasteiger partial charge is 0.0918 e. The first-order valence-corrected chi connectivity index (χ1v) is 6.59. The van der Waals surface area contributed by atoms with Crippen molar-refractivity contribution in [3.05, 3.63) is 77.0 Å². The molecule has 0 aliphatic rings. The second-order valence-electron chi connectivity index (χ2n) is 4.45. The van der Waals surface area contributed by atoms with E-state index in [1.807, 2.05) is 54.7 Å². The van der Waals surface area contributed by atoms with Gasteiger partial charge in [-0.15, -0.1) is 0 Å². The van der Waals surface area contributed by atoms with Crippen LogP contribution >= 0.6 is 11.6 Å². The predicted octanol–water partition coefficient (Wildman–Crippen LogP) is 4.78. The van der Waals surface area contributed by atoms with Gasteiger partial charge in [0.05, 0.1) is 16.6 Å². The first-order valence-electron chi connectivity index (χ1n) is 6.22. The fourth-order valence-corrected chi connectivity index (χ4v) is 2.58. The lowest BCUT2D eigenvalue weighted by Crippen LogP contribution is -1.88. The number of nitrogens with one attached hydrogen (secondary N) is 1. The minimum atomic E-state index is 0.655. The Morgan fingerprint density at radius 3 is 2.65 bits per heavy atom. The van der Waals surface area contributed by atoms with E-state index < -0.39 is 0 Å². The summed E-state index contributed by atoms with van der Waals surface area (Å²) in [6.45, 7) is 0. The standard InChI is InChI=1S/C17H11ClN2/c18-16-11-14(10-13-7-9-20-17(13)16)15(6-8-19)12-4-2-1-3-5-12/h1-7,9-11,20H. The van der Waals surface area contributed by atoms with E-state index in [1.54, 1.807) is 6.08 Å². The van der Waals surface area contributed by atoms with Crippen molar-refractivity contribution in [1.29, 1.82) is 5.26 Å². The number of halogens is 1. The average molecular weight is 279 g/mol. The number of aromatic amines is 1. The minimum Gasteiger partial charge on any atom is -0.360 e. The second kappa shape index (κ2) is 5.24. The highest BCUT2D eigenvalue weighted by Crippen LogP contribution is 2.30. The third kappa shape index (κ3) is 2.20. The molecule has 0 saturated heterocycles. The fourth-order valence-electron chi connectivity index (χ4n) is 2.30. The van der Waals surface area contributed by atoms with Gasteiger partial charge in [-0.3, -0.25) is 0 Å². The van der Waals surface area contributed by atoms with E-state index in [0.717, 1.165) is 27.6 Å². The number of H-pyrrole nitrogens is 1. The molecule has 1 heterocycles. The third-order valence-corrected chi connectivity index (χ3v) is 3.51. The van der Waals surface area contributed by atoms with Crippen LogP contribution in [-0.4, -0.2) is 4.98 Å². The number of hydrogen-bond acceptors (Lipinski definition) is 1. The summed E-state index contributed by atoms with van der Waals surface area (Å²) < 4.78 is 0. The highest BCUT2D eigenvalue weighted by atomic mass is 35.5. The molecular formula is C17H11ClN2. The zero-order chi connectivity index (χ0) is 13.9. The predicted molar refractivity (Wildman–Crippen MR) is 82.4 cm³/mol. The molecule has 1 N–H and O–H groups in total. The van der Waals surface area contributed by atoms with Gasteiger partial charge >= 0.3 is 0 Å². The average Bonchev–Trinajstić information content (AvgIpc) is 2.94. The molecule has 3 rings (SSSR count). The van der Waals surface area contributed by atoms with Gasteiger partial charge in [-0.2, -0.15) is 5.26 Å². The number of allylic oxidation sites excluding steroid dienone is 1. The van der Waals surface area contributed by atoms with Gasteiger partial charge in [0.25, 0.3) is 0 Å². The van der Waals surface area contributed by atoms with Gasteiger partial charge in [0.1, 0.15) is 0 Å². The zero-order valence-electron chi connectivity index (χ0n) is 10.6. The largest absolute Gasteiger partial charge is 0.360 e. The van der Waals surface area contributed by atoms with Gasteiger partial charge in [0, 0.05) is 17.7 Å². The molecule has 0 aliphatic heterocycles. The molecule has 96 valence electrons. The molecule has 0 bridgehead atoms. The fraction of sp³-hybridized carbons (Fsp3) is 0. The summed E-state index contributed by atoms with van der Waals surface area (Å²) in [5.41, 5.74) is 3.73. The van der Waals surface area contributed by atoms with E-state index in [4.69, 9.17) is 16.9 Å². The van der Waals surface area contributed by atoms with Crippen LogP contribution < -0.4 is 0 Å². The van der Waals surface area contributed by atoms with Crippen molar-refractivity contribution in [3.8, 4) is 6.07 Å². The summed E-state index contributed by atoms with van der Waals surface area (Å²) in [6.07, 6.45) is 3.41. The van der Waals surface area contributed by atoms with Crippen molar-refractivity contribution in [2.75, 3.05) is 0 Å². The molecule has 1 aromatic heterocycles. The minimum absolute atomic E-state index is 0.655. The molecule has 20 heavy (non-hydrogen) atoms. The molecule has 2 aromatic carbocycles. The highest BCUT2D eigenvalue weighted by Gasteiger charge is 2.09. The molecule has 0 fully saturated rings. The topological polar surface area (TPSA) is 39.6 Å². The quantitative estimate of drug-likeness (QED) is 0.674. The molecule has 0 saturated carbocycles. The second-order valence-corrected chi connectivity index (χ2v) is 4.86. The van der Waals surface area contributed by atoms with Crippen molar-refractivity contribution in [1.82, 2.24) is 4.98 Å². The molecular weight excluding hydrogens is 268 g/mol. The summed E-state index contributed by atoms with van der Waals surface area (Å²) >= 11 is 6.29. The number of fused-ring (bicyclic) bond motifs is 1. The molecule has 2 nitrogen and oxygen atoms in total. The van der Waals surface area contributed by atoms with Gasteiger partial charge in [-0.05, 0) is 34.9 Å². The van der Waals surface area contributed by atoms with E-state index >= 15 is 0 Å². The van der Waals surface area contributed by atoms with Crippen molar-refractivity contribution in [3.63, 3.8) is 0 Å². The maximum atomic E-state index is 9.04. The molecule has 0 spiro atoms. The van der Waals surface area contributed by atoms with Crippen molar-refractivity contribution >= 4 is 28.1 Å². The third-order valence-electron chi connectivity index (χ3n) is 3.22. The van der Waals surface area contributed by atoms with Gasteiger partial charge in [-0.25, -0.2) is 0 Å².